The second-order valence-electron chi connectivity index (χ2n) is 10.9. The van der Waals surface area contributed by atoms with Crippen LogP contribution in [0.5, 0.6) is 17.2 Å². The van der Waals surface area contributed by atoms with Crippen LogP contribution in [0.3, 0.4) is 0 Å². The van der Waals surface area contributed by atoms with E-state index in [1.54, 1.807) is 25.4 Å². The molecule has 1 amide bonds. The molecule has 1 N–H and O–H groups in total. The Morgan fingerprint density at radius 3 is 2.89 bits per heavy atom. The van der Waals surface area contributed by atoms with Gasteiger partial charge in [-0.2, -0.15) is 0 Å². The minimum Gasteiger partial charge on any atom is -0.493 e. The van der Waals surface area contributed by atoms with Crippen LogP contribution in [0, 0.1) is 5.92 Å². The van der Waals surface area contributed by atoms with Gasteiger partial charge in [0.05, 0.1) is 19.3 Å². The number of benzene rings is 1. The summed E-state index contributed by atoms with van der Waals surface area (Å²) >= 11 is 0. The number of aromatic nitrogens is 2. The van der Waals surface area contributed by atoms with Gasteiger partial charge >= 0.3 is 0 Å². The monoisotopic (exact) mass is 502 g/mol. The zero-order valence-electron chi connectivity index (χ0n) is 21.7. The Kier molecular flexibility index (Phi) is 6.15. The molecule has 1 saturated heterocycles. The summed E-state index contributed by atoms with van der Waals surface area (Å²) in [6.07, 6.45) is 7.92. The van der Waals surface area contributed by atoms with Crippen LogP contribution in [0.1, 0.15) is 62.0 Å². The molecule has 2 fully saturated rings. The Hall–Kier alpha value is -3.39. The highest BCUT2D eigenvalue weighted by Gasteiger charge is 2.38. The van der Waals surface area contributed by atoms with Crippen molar-refractivity contribution in [3.8, 4) is 17.2 Å². The lowest BCUT2D eigenvalue weighted by molar-refractivity contribution is -0.0439. The van der Waals surface area contributed by atoms with Gasteiger partial charge < -0.3 is 24.4 Å². The summed E-state index contributed by atoms with van der Waals surface area (Å²) < 4.78 is 17.5. The molecule has 3 aromatic rings. The highest BCUT2D eigenvalue weighted by Crippen LogP contribution is 2.47. The number of carbonyl (C=O) groups excluding carboxylic acids is 1. The lowest BCUT2D eigenvalue weighted by Gasteiger charge is -2.27. The number of nitrogens with zero attached hydrogens (tertiary/aromatic N) is 3. The molecule has 1 aromatic carbocycles. The maximum absolute atomic E-state index is 14.0. The first-order chi connectivity index (χ1) is 17.9. The fourth-order valence-corrected chi connectivity index (χ4v) is 6.08. The number of hydrogen-bond donors (Lipinski definition) is 1. The van der Waals surface area contributed by atoms with E-state index in [1.807, 2.05) is 43.0 Å². The molecule has 0 spiro atoms. The summed E-state index contributed by atoms with van der Waals surface area (Å²) in [5.41, 5.74) is 2.00. The third-order valence-corrected chi connectivity index (χ3v) is 7.74. The molecule has 8 heteroatoms. The van der Waals surface area contributed by atoms with Crippen LogP contribution >= 0.6 is 0 Å². The van der Waals surface area contributed by atoms with E-state index in [0.717, 1.165) is 17.5 Å². The van der Waals surface area contributed by atoms with Crippen LogP contribution in [-0.4, -0.2) is 52.3 Å². The molecular weight excluding hydrogens is 468 g/mol. The smallest absolute Gasteiger partial charge is 0.254 e. The van der Waals surface area contributed by atoms with Gasteiger partial charge in [-0.15, -0.1) is 0 Å². The molecule has 3 atom stereocenters. The number of pyridine rings is 2. The van der Waals surface area contributed by atoms with E-state index in [2.05, 4.69) is 10.3 Å². The second kappa shape index (κ2) is 9.49. The summed E-state index contributed by atoms with van der Waals surface area (Å²) in [7, 11) is 1.58. The summed E-state index contributed by atoms with van der Waals surface area (Å²) in [4.78, 5) is 25.1. The topological polar surface area (TPSA) is 85.8 Å². The molecule has 2 aliphatic heterocycles. The number of nitrogens with one attached hydrogen (secondary N) is 1. The average molecular weight is 503 g/mol. The molecule has 4 heterocycles. The molecule has 6 rings (SSSR count). The fraction of sp³-hybridized carbons (Fsp3) is 0.483. The van der Waals surface area contributed by atoms with Crippen molar-refractivity contribution in [2.24, 2.45) is 5.92 Å². The molecule has 1 aliphatic carbocycles. The van der Waals surface area contributed by atoms with Crippen LogP contribution < -0.4 is 19.5 Å². The van der Waals surface area contributed by atoms with Gasteiger partial charge in [0, 0.05) is 49.6 Å². The summed E-state index contributed by atoms with van der Waals surface area (Å²) in [5, 5.41) is 4.80. The van der Waals surface area contributed by atoms with E-state index in [9.17, 15) is 4.79 Å². The molecule has 1 saturated carbocycles. The van der Waals surface area contributed by atoms with Gasteiger partial charge in [0.2, 0.25) is 11.5 Å². The van der Waals surface area contributed by atoms with Gasteiger partial charge in [-0.1, -0.05) is 12.8 Å². The zero-order chi connectivity index (χ0) is 25.6. The van der Waals surface area contributed by atoms with Gasteiger partial charge in [-0.3, -0.25) is 4.79 Å². The molecule has 3 aliphatic rings. The third kappa shape index (κ3) is 4.82. The Balaban J connectivity index is 1.30. The lowest BCUT2D eigenvalue weighted by Crippen LogP contribution is -2.43. The van der Waals surface area contributed by atoms with Gasteiger partial charge in [0.15, 0.2) is 17.1 Å². The fourth-order valence-electron chi connectivity index (χ4n) is 6.08. The predicted molar refractivity (Wildman–Crippen MR) is 140 cm³/mol. The van der Waals surface area contributed by atoms with Gasteiger partial charge in [0.1, 0.15) is 0 Å². The van der Waals surface area contributed by atoms with E-state index in [4.69, 9.17) is 19.2 Å². The van der Waals surface area contributed by atoms with Crippen molar-refractivity contribution in [2.45, 2.75) is 70.4 Å². The van der Waals surface area contributed by atoms with Crippen LogP contribution in [0.4, 0.5) is 0 Å². The molecule has 37 heavy (non-hydrogen) atoms. The molecule has 0 unspecified atom stereocenters. The van der Waals surface area contributed by atoms with Crippen molar-refractivity contribution >= 4 is 16.9 Å². The molecule has 2 aromatic heterocycles. The zero-order valence-corrected chi connectivity index (χ0v) is 21.7. The maximum Gasteiger partial charge on any atom is 0.254 e. The minimum absolute atomic E-state index is 0.0889. The largest absolute Gasteiger partial charge is 0.493 e. The number of methoxy groups -OCH3 is 1. The number of hydrogen-bond acceptors (Lipinski definition) is 7. The minimum atomic E-state index is -0.816. The van der Waals surface area contributed by atoms with Crippen molar-refractivity contribution in [3.63, 3.8) is 0 Å². The second-order valence-corrected chi connectivity index (χ2v) is 10.9. The number of carbonyl (C=O) groups is 1. The first kappa shape index (κ1) is 24.0. The molecule has 0 bridgehead atoms. The normalized spacial score (nSPS) is 23.6. The molecular formula is C29H34N4O4. The van der Waals surface area contributed by atoms with Crippen LogP contribution in [0.2, 0.25) is 0 Å². The Morgan fingerprint density at radius 2 is 2.05 bits per heavy atom. The van der Waals surface area contributed by atoms with E-state index in [1.165, 1.54) is 25.7 Å². The standard InChI is InChI=1S/C29H34N4O4/c1-29(2)36-25-15-20(14-24(35-3)26(25)37-29)28(34)33(17-22-13-19-7-4-5-9-23(19)31-22)16-21-11-10-18-8-6-12-30-27(18)32-21/h6,8,10-12,14-15,19,22-23,31H,4-5,7,9,13,16-17H2,1-3H3/t19-,22-,23-/m0/s1. The molecule has 8 nitrogen and oxygen atoms in total. The van der Waals surface area contributed by atoms with Crippen molar-refractivity contribution in [1.29, 1.82) is 0 Å². The van der Waals surface area contributed by atoms with Crippen LogP contribution in [0.15, 0.2) is 42.6 Å². The summed E-state index contributed by atoms with van der Waals surface area (Å²) in [6.45, 7) is 4.67. The van der Waals surface area contributed by atoms with Crippen molar-refractivity contribution in [2.75, 3.05) is 13.7 Å². The number of ether oxygens (including phenoxy) is 3. The average Bonchev–Trinajstić information content (AvgIpc) is 3.45. The Morgan fingerprint density at radius 1 is 1.19 bits per heavy atom. The Labute approximate surface area is 217 Å². The first-order valence-corrected chi connectivity index (χ1v) is 13.2. The SMILES string of the molecule is COc1cc(C(=O)N(Cc2ccc3cccnc3n2)C[C@@H]2C[C@@H]3CCCC[C@@H]3N2)cc2c1OC(C)(C)O2. The number of rotatable bonds is 6. The van der Waals surface area contributed by atoms with Crippen LogP contribution in [-0.2, 0) is 6.54 Å². The third-order valence-electron chi connectivity index (χ3n) is 7.74. The highest BCUT2D eigenvalue weighted by atomic mass is 16.7. The van der Waals surface area contributed by atoms with E-state index < -0.39 is 5.79 Å². The Bertz CT molecular complexity index is 1310. The van der Waals surface area contributed by atoms with Crippen molar-refractivity contribution in [3.05, 3.63) is 53.9 Å². The van der Waals surface area contributed by atoms with Crippen molar-refractivity contribution in [1.82, 2.24) is 20.2 Å². The van der Waals surface area contributed by atoms with Gasteiger partial charge in [-0.25, -0.2) is 9.97 Å². The van der Waals surface area contributed by atoms with E-state index >= 15 is 0 Å². The predicted octanol–water partition coefficient (Wildman–Crippen LogP) is 4.71. The first-order valence-electron chi connectivity index (χ1n) is 13.2. The van der Waals surface area contributed by atoms with Gasteiger partial charge in [0.25, 0.3) is 5.91 Å². The highest BCUT2D eigenvalue weighted by molar-refractivity contribution is 5.95. The molecule has 194 valence electrons. The van der Waals surface area contributed by atoms with Crippen molar-refractivity contribution < 1.29 is 19.0 Å². The number of amides is 1. The summed E-state index contributed by atoms with van der Waals surface area (Å²) in [5.74, 6) is 1.33. The summed E-state index contributed by atoms with van der Waals surface area (Å²) in [6, 6.07) is 12.2. The van der Waals surface area contributed by atoms with Gasteiger partial charge in [-0.05, 0) is 61.6 Å². The van der Waals surface area contributed by atoms with E-state index in [0.29, 0.717) is 53.5 Å². The quantitative estimate of drug-likeness (QED) is 0.523. The number of fused-ring (bicyclic) bond motifs is 3. The lowest BCUT2D eigenvalue weighted by atomic mass is 9.85. The van der Waals surface area contributed by atoms with E-state index in [-0.39, 0.29) is 11.9 Å². The van der Waals surface area contributed by atoms with Crippen LogP contribution in [0.25, 0.3) is 11.0 Å². The maximum atomic E-state index is 14.0. The molecule has 0 radical (unpaired) electrons.